The molecule has 9 heteroatoms. The van der Waals surface area contributed by atoms with Crippen LogP contribution in [0.1, 0.15) is 66.1 Å². The van der Waals surface area contributed by atoms with Gasteiger partial charge in [-0.15, -0.1) is 0 Å². The SMILES string of the molecule is COC(=O)c1ccc(N2C3CC[C@H]2CC(OCc2c(-c4c(F)cccc4F)noc2C2CC2)C3)c(F)c1. The Kier molecular flexibility index (Phi) is 6.18. The average molecular weight is 513 g/mol. The minimum Gasteiger partial charge on any atom is -0.465 e. The van der Waals surface area contributed by atoms with Crippen LogP contribution in [0.5, 0.6) is 0 Å². The van der Waals surface area contributed by atoms with E-state index in [-0.39, 0.29) is 47.5 Å². The molecule has 2 aromatic carbocycles. The zero-order valence-electron chi connectivity index (χ0n) is 20.4. The second-order valence-electron chi connectivity index (χ2n) is 10.1. The molecular weight excluding hydrogens is 485 g/mol. The molecule has 0 amide bonds. The van der Waals surface area contributed by atoms with Gasteiger partial charge in [0, 0.05) is 23.6 Å². The topological polar surface area (TPSA) is 64.8 Å². The summed E-state index contributed by atoms with van der Waals surface area (Å²) in [7, 11) is 1.27. The molecule has 2 unspecified atom stereocenters. The predicted octanol–water partition coefficient (Wildman–Crippen LogP) is 6.14. The third-order valence-electron chi connectivity index (χ3n) is 7.77. The van der Waals surface area contributed by atoms with Crippen molar-refractivity contribution < 1.29 is 32.0 Å². The minimum atomic E-state index is -0.691. The van der Waals surface area contributed by atoms with Gasteiger partial charge in [-0.05, 0) is 68.9 Å². The van der Waals surface area contributed by atoms with Crippen LogP contribution in [0.3, 0.4) is 0 Å². The Morgan fingerprint density at radius 2 is 1.73 bits per heavy atom. The van der Waals surface area contributed by atoms with E-state index >= 15 is 0 Å². The molecule has 3 atom stereocenters. The minimum absolute atomic E-state index is 0.0913. The quantitative estimate of drug-likeness (QED) is 0.355. The lowest BCUT2D eigenvalue weighted by Crippen LogP contribution is -2.46. The van der Waals surface area contributed by atoms with Gasteiger partial charge in [0.1, 0.15) is 28.9 Å². The van der Waals surface area contributed by atoms with Crippen LogP contribution < -0.4 is 4.90 Å². The normalized spacial score (nSPS) is 22.9. The number of carbonyl (C=O) groups excluding carboxylic acids is 1. The van der Waals surface area contributed by atoms with Crippen molar-refractivity contribution in [1.29, 1.82) is 0 Å². The summed E-state index contributed by atoms with van der Waals surface area (Å²) in [5.74, 6) is -1.56. The number of ether oxygens (including phenoxy) is 2. The molecule has 37 heavy (non-hydrogen) atoms. The van der Waals surface area contributed by atoms with Crippen LogP contribution in [0.15, 0.2) is 40.9 Å². The highest BCUT2D eigenvalue weighted by atomic mass is 19.1. The van der Waals surface area contributed by atoms with Crippen LogP contribution in [-0.2, 0) is 16.1 Å². The number of nitrogens with zero attached hydrogens (tertiary/aromatic N) is 2. The second-order valence-corrected chi connectivity index (χ2v) is 10.1. The van der Waals surface area contributed by atoms with Gasteiger partial charge in [0.05, 0.1) is 36.6 Å². The first-order valence-electron chi connectivity index (χ1n) is 12.6. The Balaban J connectivity index is 1.19. The fourth-order valence-electron chi connectivity index (χ4n) is 5.87. The molecule has 6 nitrogen and oxygen atoms in total. The van der Waals surface area contributed by atoms with Gasteiger partial charge in [-0.2, -0.15) is 0 Å². The number of fused-ring (bicyclic) bond motifs is 2. The summed E-state index contributed by atoms with van der Waals surface area (Å²) in [6, 6.07) is 8.37. The van der Waals surface area contributed by atoms with Gasteiger partial charge in [0.25, 0.3) is 0 Å². The van der Waals surface area contributed by atoms with Gasteiger partial charge in [0.2, 0.25) is 0 Å². The lowest BCUT2D eigenvalue weighted by Gasteiger charge is -2.40. The third-order valence-corrected chi connectivity index (χ3v) is 7.77. The Morgan fingerprint density at radius 1 is 1.03 bits per heavy atom. The van der Waals surface area contributed by atoms with Gasteiger partial charge in [-0.1, -0.05) is 11.2 Å². The van der Waals surface area contributed by atoms with E-state index in [1.807, 2.05) is 0 Å². The Bertz CT molecular complexity index is 1300. The van der Waals surface area contributed by atoms with E-state index in [4.69, 9.17) is 14.0 Å². The third kappa shape index (κ3) is 4.39. The van der Waals surface area contributed by atoms with Crippen LogP contribution in [0.2, 0.25) is 0 Å². The molecule has 0 spiro atoms. The maximum Gasteiger partial charge on any atom is 0.337 e. The molecule has 194 valence electrons. The smallest absolute Gasteiger partial charge is 0.337 e. The van der Waals surface area contributed by atoms with E-state index < -0.39 is 23.4 Å². The molecule has 2 saturated heterocycles. The van der Waals surface area contributed by atoms with Crippen molar-refractivity contribution in [2.75, 3.05) is 12.0 Å². The van der Waals surface area contributed by atoms with E-state index in [2.05, 4.69) is 10.1 Å². The number of benzene rings is 2. The van der Waals surface area contributed by atoms with Crippen molar-refractivity contribution in [3.63, 3.8) is 0 Å². The van der Waals surface area contributed by atoms with Crippen molar-refractivity contribution in [2.45, 2.75) is 69.2 Å². The highest BCUT2D eigenvalue weighted by molar-refractivity contribution is 5.89. The molecule has 3 aliphatic rings. The van der Waals surface area contributed by atoms with E-state index in [0.29, 0.717) is 29.9 Å². The van der Waals surface area contributed by atoms with E-state index in [9.17, 15) is 18.0 Å². The number of aromatic nitrogens is 1. The number of anilines is 1. The lowest BCUT2D eigenvalue weighted by molar-refractivity contribution is 0.0146. The van der Waals surface area contributed by atoms with Crippen LogP contribution in [0, 0.1) is 17.5 Å². The number of methoxy groups -OCH3 is 1. The molecule has 3 fully saturated rings. The second kappa shape index (κ2) is 9.52. The molecule has 1 aliphatic carbocycles. The first-order valence-corrected chi connectivity index (χ1v) is 12.6. The molecule has 1 saturated carbocycles. The number of carbonyl (C=O) groups is 1. The fraction of sp³-hybridized carbons (Fsp3) is 0.429. The molecule has 3 aromatic rings. The zero-order chi connectivity index (χ0) is 25.7. The molecular formula is C28H27F3N2O4. The molecule has 6 rings (SSSR count). The molecule has 2 aliphatic heterocycles. The van der Waals surface area contributed by atoms with Crippen molar-refractivity contribution >= 4 is 11.7 Å². The summed E-state index contributed by atoms with van der Waals surface area (Å²) in [5, 5.41) is 4.04. The molecule has 2 bridgehead atoms. The fourth-order valence-corrected chi connectivity index (χ4v) is 5.87. The molecule has 0 N–H and O–H groups in total. The Morgan fingerprint density at radius 3 is 2.35 bits per heavy atom. The van der Waals surface area contributed by atoms with Crippen molar-refractivity contribution in [2.24, 2.45) is 0 Å². The first-order chi connectivity index (χ1) is 17.9. The van der Waals surface area contributed by atoms with Gasteiger partial charge in [-0.25, -0.2) is 18.0 Å². The standard InChI is InChI=1S/C28H27F3N2O4/c1-35-28(34)16-7-10-24(23(31)11-16)33-17-8-9-18(33)13-19(12-17)36-14-20-26(32-37-27(20)15-5-6-15)25-21(29)3-2-4-22(25)30/h2-4,7,10-11,15,17-19H,5-6,8-9,12-14H2,1H3/t17-,18?,19?/m0/s1. The van der Waals surface area contributed by atoms with Gasteiger partial charge in [0.15, 0.2) is 0 Å². The number of piperidine rings is 1. The highest BCUT2D eigenvalue weighted by Gasteiger charge is 2.43. The number of esters is 1. The summed E-state index contributed by atoms with van der Waals surface area (Å²) < 4.78 is 60.6. The summed E-state index contributed by atoms with van der Waals surface area (Å²) in [5.41, 5.74) is 1.22. The van der Waals surface area contributed by atoms with Crippen LogP contribution in [0.4, 0.5) is 18.9 Å². The maximum absolute atomic E-state index is 15.0. The van der Waals surface area contributed by atoms with Crippen molar-refractivity contribution in [1.82, 2.24) is 5.16 Å². The highest BCUT2D eigenvalue weighted by Crippen LogP contribution is 2.46. The zero-order valence-corrected chi connectivity index (χ0v) is 20.4. The lowest BCUT2D eigenvalue weighted by atomic mass is 9.98. The maximum atomic E-state index is 15.0. The summed E-state index contributed by atoms with van der Waals surface area (Å²) >= 11 is 0. The number of halogens is 3. The first kappa shape index (κ1) is 24.0. The average Bonchev–Trinajstić information content (AvgIpc) is 3.60. The van der Waals surface area contributed by atoms with E-state index in [1.165, 1.54) is 31.4 Å². The largest absolute Gasteiger partial charge is 0.465 e. The number of rotatable bonds is 7. The summed E-state index contributed by atoms with van der Waals surface area (Å²) in [4.78, 5) is 13.9. The van der Waals surface area contributed by atoms with Gasteiger partial charge >= 0.3 is 5.97 Å². The van der Waals surface area contributed by atoms with Crippen molar-refractivity contribution in [3.05, 3.63) is 70.7 Å². The Hall–Kier alpha value is -3.33. The van der Waals surface area contributed by atoms with E-state index in [1.54, 1.807) is 12.1 Å². The van der Waals surface area contributed by atoms with Crippen molar-refractivity contribution in [3.8, 4) is 11.3 Å². The molecule has 0 radical (unpaired) electrons. The van der Waals surface area contributed by atoms with E-state index in [0.717, 1.165) is 25.7 Å². The van der Waals surface area contributed by atoms with Crippen LogP contribution >= 0.6 is 0 Å². The number of hydrogen-bond acceptors (Lipinski definition) is 6. The van der Waals surface area contributed by atoms with Crippen LogP contribution in [-0.4, -0.2) is 36.4 Å². The Labute approximate surface area is 212 Å². The molecule has 1 aromatic heterocycles. The van der Waals surface area contributed by atoms with Crippen LogP contribution in [0.25, 0.3) is 11.3 Å². The predicted molar refractivity (Wildman–Crippen MR) is 129 cm³/mol. The summed E-state index contributed by atoms with van der Waals surface area (Å²) in [6.07, 6.45) is 5.02. The van der Waals surface area contributed by atoms with Gasteiger partial charge < -0.3 is 18.9 Å². The number of hydrogen-bond donors (Lipinski definition) is 0. The summed E-state index contributed by atoms with van der Waals surface area (Å²) in [6.45, 7) is 0.144. The van der Waals surface area contributed by atoms with Gasteiger partial charge in [-0.3, -0.25) is 0 Å². The monoisotopic (exact) mass is 512 g/mol. The molecule has 3 heterocycles.